The molecule has 3 atom stereocenters. The number of benzene rings is 1. The molecule has 2 aliphatic heterocycles. The molecule has 1 aromatic rings. The summed E-state index contributed by atoms with van der Waals surface area (Å²) in [5, 5.41) is 3.41. The maximum absolute atomic E-state index is 12.1. The quantitative estimate of drug-likeness (QED) is 0.444. The Morgan fingerprint density at radius 3 is 2.66 bits per heavy atom. The molecule has 0 spiro atoms. The Kier molecular flexibility index (Phi) is 7.89. The third-order valence-electron chi connectivity index (χ3n) is 5.84. The zero-order valence-electron chi connectivity index (χ0n) is 17.8. The zero-order chi connectivity index (χ0) is 20.6. The molecule has 0 aromatic heterocycles. The van der Waals surface area contributed by atoms with Crippen LogP contribution in [0.4, 0.5) is 0 Å². The number of aliphatic imine (C=N–C) groups is 1. The van der Waals surface area contributed by atoms with Crippen LogP contribution in [0.15, 0.2) is 35.3 Å². The van der Waals surface area contributed by atoms with E-state index in [1.165, 1.54) is 12.7 Å². The number of esters is 1. The SMILES string of the molecule is CCNC(=NCC(c1ccccc1)N1CCOCC1)N1CC(C)C(C(=O)OC)C1. The van der Waals surface area contributed by atoms with Crippen LogP contribution in [-0.2, 0) is 14.3 Å². The Hall–Kier alpha value is -2.12. The number of nitrogens with zero attached hydrogens (tertiary/aromatic N) is 3. The van der Waals surface area contributed by atoms with Crippen molar-refractivity contribution in [1.82, 2.24) is 15.1 Å². The van der Waals surface area contributed by atoms with Gasteiger partial charge in [0.2, 0.25) is 0 Å². The third kappa shape index (κ3) is 5.48. The number of carbonyl (C=O) groups excluding carboxylic acids is 1. The van der Waals surface area contributed by atoms with E-state index in [1.54, 1.807) is 0 Å². The number of nitrogens with one attached hydrogen (secondary N) is 1. The summed E-state index contributed by atoms with van der Waals surface area (Å²) < 4.78 is 10.5. The summed E-state index contributed by atoms with van der Waals surface area (Å²) in [7, 11) is 1.46. The summed E-state index contributed by atoms with van der Waals surface area (Å²) in [6.45, 7) is 10.4. The van der Waals surface area contributed by atoms with Gasteiger partial charge < -0.3 is 19.7 Å². The van der Waals surface area contributed by atoms with Gasteiger partial charge in [-0.1, -0.05) is 37.3 Å². The second kappa shape index (κ2) is 10.6. The molecule has 0 saturated carbocycles. The maximum atomic E-state index is 12.1. The number of ether oxygens (including phenoxy) is 2. The predicted octanol–water partition coefficient (Wildman–Crippen LogP) is 1.77. The van der Waals surface area contributed by atoms with Crippen molar-refractivity contribution in [3.63, 3.8) is 0 Å². The monoisotopic (exact) mass is 402 g/mol. The van der Waals surface area contributed by atoms with E-state index in [9.17, 15) is 4.79 Å². The van der Waals surface area contributed by atoms with Gasteiger partial charge >= 0.3 is 5.97 Å². The van der Waals surface area contributed by atoms with Crippen LogP contribution in [-0.4, -0.2) is 81.3 Å². The number of hydrogen-bond acceptors (Lipinski definition) is 5. The van der Waals surface area contributed by atoms with Gasteiger partial charge in [-0.25, -0.2) is 0 Å². The number of guanidine groups is 1. The van der Waals surface area contributed by atoms with Crippen molar-refractivity contribution in [2.75, 3.05) is 59.6 Å². The third-order valence-corrected chi connectivity index (χ3v) is 5.84. The standard InChI is InChI=1S/C22H34N4O3/c1-4-23-22(26-15-17(2)19(16-26)21(27)28-3)24-14-20(18-8-6-5-7-9-18)25-10-12-29-13-11-25/h5-9,17,19-20H,4,10-16H2,1-3H3,(H,23,24). The Morgan fingerprint density at radius 2 is 2.00 bits per heavy atom. The molecule has 1 aromatic carbocycles. The Morgan fingerprint density at radius 1 is 1.28 bits per heavy atom. The van der Waals surface area contributed by atoms with Gasteiger partial charge in [-0.05, 0) is 18.4 Å². The van der Waals surface area contributed by atoms with Gasteiger partial charge in [0.05, 0.1) is 38.8 Å². The van der Waals surface area contributed by atoms with Crippen LogP contribution in [0.25, 0.3) is 0 Å². The first-order valence-corrected chi connectivity index (χ1v) is 10.6. The van der Waals surface area contributed by atoms with E-state index in [4.69, 9.17) is 14.5 Å². The molecule has 0 radical (unpaired) electrons. The molecule has 0 bridgehead atoms. The minimum atomic E-state index is -0.133. The Balaban J connectivity index is 1.76. The molecule has 29 heavy (non-hydrogen) atoms. The van der Waals surface area contributed by atoms with Crippen molar-refractivity contribution in [2.45, 2.75) is 19.9 Å². The summed E-state index contributed by atoms with van der Waals surface area (Å²) in [5.74, 6) is 0.884. The van der Waals surface area contributed by atoms with Crippen molar-refractivity contribution in [3.8, 4) is 0 Å². The highest BCUT2D eigenvalue weighted by Gasteiger charge is 2.37. The van der Waals surface area contributed by atoms with Crippen LogP contribution < -0.4 is 5.32 Å². The number of rotatable bonds is 6. The van der Waals surface area contributed by atoms with E-state index in [2.05, 4.69) is 53.2 Å². The molecule has 3 rings (SSSR count). The van der Waals surface area contributed by atoms with Gasteiger partial charge in [-0.2, -0.15) is 0 Å². The molecule has 3 unspecified atom stereocenters. The fourth-order valence-electron chi connectivity index (χ4n) is 4.19. The first-order chi connectivity index (χ1) is 14.1. The molecule has 160 valence electrons. The highest BCUT2D eigenvalue weighted by Crippen LogP contribution is 2.25. The summed E-state index contributed by atoms with van der Waals surface area (Å²) in [5.41, 5.74) is 1.27. The average Bonchev–Trinajstić information content (AvgIpc) is 3.15. The number of likely N-dealkylation sites (tertiary alicyclic amines) is 1. The zero-order valence-corrected chi connectivity index (χ0v) is 17.8. The van der Waals surface area contributed by atoms with Crippen molar-refractivity contribution >= 4 is 11.9 Å². The van der Waals surface area contributed by atoms with Gasteiger partial charge in [-0.15, -0.1) is 0 Å². The lowest BCUT2D eigenvalue weighted by molar-refractivity contribution is -0.145. The Bertz CT molecular complexity index is 676. The van der Waals surface area contributed by atoms with E-state index >= 15 is 0 Å². The number of carbonyl (C=O) groups is 1. The molecule has 2 fully saturated rings. The number of hydrogen-bond donors (Lipinski definition) is 1. The molecular weight excluding hydrogens is 368 g/mol. The fraction of sp³-hybridized carbons (Fsp3) is 0.636. The molecule has 0 amide bonds. The topological polar surface area (TPSA) is 66.4 Å². The predicted molar refractivity (Wildman–Crippen MR) is 114 cm³/mol. The van der Waals surface area contributed by atoms with Crippen LogP contribution in [0, 0.1) is 11.8 Å². The first-order valence-electron chi connectivity index (χ1n) is 10.6. The van der Waals surface area contributed by atoms with Gasteiger partial charge in [-0.3, -0.25) is 14.7 Å². The highest BCUT2D eigenvalue weighted by molar-refractivity contribution is 5.82. The molecule has 7 nitrogen and oxygen atoms in total. The minimum Gasteiger partial charge on any atom is -0.469 e. The van der Waals surface area contributed by atoms with E-state index in [0.29, 0.717) is 13.1 Å². The molecular formula is C22H34N4O3. The molecule has 2 saturated heterocycles. The second-order valence-electron chi connectivity index (χ2n) is 7.78. The van der Waals surface area contributed by atoms with Crippen LogP contribution in [0.2, 0.25) is 0 Å². The highest BCUT2D eigenvalue weighted by atomic mass is 16.5. The summed E-state index contributed by atoms with van der Waals surface area (Å²) in [4.78, 5) is 21.7. The van der Waals surface area contributed by atoms with Crippen molar-refractivity contribution in [1.29, 1.82) is 0 Å². The smallest absolute Gasteiger partial charge is 0.310 e. The molecule has 0 aliphatic carbocycles. The maximum Gasteiger partial charge on any atom is 0.310 e. The van der Waals surface area contributed by atoms with Gasteiger partial charge in [0.1, 0.15) is 0 Å². The lowest BCUT2D eigenvalue weighted by Gasteiger charge is -2.34. The Labute approximate surface area is 174 Å². The van der Waals surface area contributed by atoms with Crippen molar-refractivity contribution in [2.24, 2.45) is 16.8 Å². The van der Waals surface area contributed by atoms with Crippen molar-refractivity contribution in [3.05, 3.63) is 35.9 Å². The van der Waals surface area contributed by atoms with E-state index < -0.39 is 0 Å². The van der Waals surface area contributed by atoms with Crippen LogP contribution in [0.3, 0.4) is 0 Å². The molecule has 1 N–H and O–H groups in total. The lowest BCUT2D eigenvalue weighted by Crippen LogP contribution is -2.43. The summed E-state index contributed by atoms with van der Waals surface area (Å²) >= 11 is 0. The second-order valence-corrected chi connectivity index (χ2v) is 7.78. The molecule has 2 heterocycles. The van der Waals surface area contributed by atoms with Crippen LogP contribution >= 0.6 is 0 Å². The lowest BCUT2D eigenvalue weighted by atomic mass is 9.99. The van der Waals surface area contributed by atoms with Crippen molar-refractivity contribution < 1.29 is 14.3 Å². The van der Waals surface area contributed by atoms with Gasteiger partial charge in [0, 0.05) is 32.7 Å². The average molecular weight is 403 g/mol. The number of methoxy groups -OCH3 is 1. The van der Waals surface area contributed by atoms with Gasteiger partial charge in [0.15, 0.2) is 5.96 Å². The molecule has 7 heteroatoms. The van der Waals surface area contributed by atoms with E-state index in [0.717, 1.165) is 45.4 Å². The van der Waals surface area contributed by atoms with E-state index in [1.807, 2.05) is 6.07 Å². The van der Waals surface area contributed by atoms with Gasteiger partial charge in [0.25, 0.3) is 0 Å². The largest absolute Gasteiger partial charge is 0.469 e. The molecule has 2 aliphatic rings. The minimum absolute atomic E-state index is 0.104. The normalized spacial score (nSPS) is 24.4. The summed E-state index contributed by atoms with van der Waals surface area (Å²) in [6.07, 6.45) is 0. The van der Waals surface area contributed by atoms with Crippen LogP contribution in [0.5, 0.6) is 0 Å². The first kappa shape index (κ1) is 21.6. The van der Waals surface area contributed by atoms with E-state index in [-0.39, 0.29) is 23.8 Å². The number of morpholine rings is 1. The summed E-state index contributed by atoms with van der Waals surface area (Å²) in [6, 6.07) is 10.8. The van der Waals surface area contributed by atoms with Crippen LogP contribution in [0.1, 0.15) is 25.5 Å². The fourth-order valence-corrected chi connectivity index (χ4v) is 4.19.